The summed E-state index contributed by atoms with van der Waals surface area (Å²) in [5, 5.41) is 0.661. The quantitative estimate of drug-likeness (QED) is 0.905. The smallest absolute Gasteiger partial charge is 0.147 e. The number of nitrogens with two attached hydrogens (primary N) is 1. The van der Waals surface area contributed by atoms with Crippen LogP contribution in [-0.2, 0) is 0 Å². The maximum absolute atomic E-state index is 6.21. The summed E-state index contributed by atoms with van der Waals surface area (Å²) in [7, 11) is 0. The Morgan fingerprint density at radius 2 is 2.18 bits per heavy atom. The summed E-state index contributed by atoms with van der Waals surface area (Å²) in [6, 6.07) is 1.86. The minimum atomic E-state index is 0.0497. The first-order valence-electron chi connectivity index (χ1n) is 5.65. The van der Waals surface area contributed by atoms with Crippen molar-refractivity contribution < 1.29 is 0 Å². The molecule has 0 saturated carbocycles. The Morgan fingerprint density at radius 3 is 2.65 bits per heavy atom. The standard InChI is InChI=1S/C12H19BrClN3/c1-4-17(8-12(2,3)7-15)11-10(14)5-9(13)6-16-11/h5-6H,4,7-8,15H2,1-3H3. The molecule has 0 aliphatic carbocycles. The van der Waals surface area contributed by atoms with Crippen LogP contribution in [0.2, 0.25) is 5.02 Å². The predicted molar refractivity (Wildman–Crippen MR) is 77.7 cm³/mol. The molecule has 0 atom stereocenters. The number of nitrogens with zero attached hydrogens (tertiary/aromatic N) is 2. The van der Waals surface area contributed by atoms with E-state index >= 15 is 0 Å². The zero-order valence-electron chi connectivity index (χ0n) is 10.5. The SMILES string of the molecule is CCN(CC(C)(C)CN)c1ncc(Br)cc1Cl. The molecule has 3 nitrogen and oxygen atoms in total. The average Bonchev–Trinajstić information content (AvgIpc) is 2.26. The van der Waals surface area contributed by atoms with Gasteiger partial charge in [-0.1, -0.05) is 25.4 Å². The summed E-state index contributed by atoms with van der Waals surface area (Å²) in [4.78, 5) is 6.53. The molecule has 1 aromatic heterocycles. The lowest BCUT2D eigenvalue weighted by atomic mass is 9.93. The maximum Gasteiger partial charge on any atom is 0.147 e. The second-order valence-corrected chi connectivity index (χ2v) is 6.16. The fourth-order valence-electron chi connectivity index (χ4n) is 1.56. The molecule has 5 heteroatoms. The second kappa shape index (κ2) is 6.03. The molecule has 1 aromatic rings. The van der Waals surface area contributed by atoms with Crippen LogP contribution in [0, 0.1) is 5.41 Å². The Kier molecular flexibility index (Phi) is 5.22. The van der Waals surface area contributed by atoms with Crippen LogP contribution >= 0.6 is 27.5 Å². The van der Waals surface area contributed by atoms with Gasteiger partial charge in [-0.15, -0.1) is 0 Å². The van der Waals surface area contributed by atoms with Crippen molar-refractivity contribution in [3.63, 3.8) is 0 Å². The zero-order chi connectivity index (χ0) is 13.1. The van der Waals surface area contributed by atoms with Gasteiger partial charge in [0.2, 0.25) is 0 Å². The van der Waals surface area contributed by atoms with E-state index in [-0.39, 0.29) is 5.41 Å². The normalized spacial score (nSPS) is 11.6. The van der Waals surface area contributed by atoms with Crippen molar-refractivity contribution in [3.05, 3.63) is 21.8 Å². The van der Waals surface area contributed by atoms with Crippen molar-refractivity contribution in [2.24, 2.45) is 11.1 Å². The van der Waals surface area contributed by atoms with Crippen LogP contribution in [0.5, 0.6) is 0 Å². The van der Waals surface area contributed by atoms with E-state index in [4.69, 9.17) is 17.3 Å². The molecular weight excluding hydrogens is 302 g/mol. The fourth-order valence-corrected chi connectivity index (χ4v) is 2.31. The third kappa shape index (κ3) is 4.12. The van der Waals surface area contributed by atoms with E-state index in [1.807, 2.05) is 6.07 Å². The fraction of sp³-hybridized carbons (Fsp3) is 0.583. The van der Waals surface area contributed by atoms with E-state index < -0.39 is 0 Å². The van der Waals surface area contributed by atoms with Gasteiger partial charge >= 0.3 is 0 Å². The lowest BCUT2D eigenvalue weighted by molar-refractivity contribution is 0.379. The number of hydrogen-bond acceptors (Lipinski definition) is 3. The van der Waals surface area contributed by atoms with Crippen LogP contribution in [0.3, 0.4) is 0 Å². The number of rotatable bonds is 5. The molecule has 0 aliphatic heterocycles. The van der Waals surface area contributed by atoms with E-state index in [9.17, 15) is 0 Å². The highest BCUT2D eigenvalue weighted by Crippen LogP contribution is 2.28. The molecule has 0 aliphatic rings. The molecule has 17 heavy (non-hydrogen) atoms. The monoisotopic (exact) mass is 319 g/mol. The summed E-state index contributed by atoms with van der Waals surface area (Å²) < 4.78 is 0.889. The molecule has 0 spiro atoms. The lowest BCUT2D eigenvalue weighted by Crippen LogP contribution is -2.39. The van der Waals surface area contributed by atoms with E-state index in [1.54, 1.807) is 6.20 Å². The number of aromatic nitrogens is 1. The van der Waals surface area contributed by atoms with Gasteiger partial charge in [-0.2, -0.15) is 0 Å². The van der Waals surface area contributed by atoms with Gasteiger partial charge in [-0.05, 0) is 40.9 Å². The number of halogens is 2. The second-order valence-electron chi connectivity index (χ2n) is 4.84. The molecule has 0 aromatic carbocycles. The third-order valence-corrected chi connectivity index (χ3v) is 3.35. The maximum atomic E-state index is 6.21. The Hall–Kier alpha value is -0.320. The summed E-state index contributed by atoms with van der Waals surface area (Å²) >= 11 is 9.57. The molecule has 96 valence electrons. The van der Waals surface area contributed by atoms with Crippen molar-refractivity contribution in [1.29, 1.82) is 0 Å². The number of pyridine rings is 1. The molecule has 0 bridgehead atoms. The highest BCUT2D eigenvalue weighted by Gasteiger charge is 2.21. The van der Waals surface area contributed by atoms with Crippen molar-refractivity contribution in [2.45, 2.75) is 20.8 Å². The Balaban J connectivity index is 2.94. The zero-order valence-corrected chi connectivity index (χ0v) is 12.8. The van der Waals surface area contributed by atoms with Crippen molar-refractivity contribution >= 4 is 33.3 Å². The van der Waals surface area contributed by atoms with Crippen molar-refractivity contribution in [2.75, 3.05) is 24.5 Å². The summed E-state index contributed by atoms with van der Waals surface area (Å²) in [5.41, 5.74) is 5.81. The van der Waals surface area contributed by atoms with Crippen molar-refractivity contribution in [1.82, 2.24) is 4.98 Å². The number of anilines is 1. The van der Waals surface area contributed by atoms with Gasteiger partial charge in [0.05, 0.1) is 5.02 Å². The van der Waals surface area contributed by atoms with Gasteiger partial charge in [0, 0.05) is 23.8 Å². The Labute approximate surface area is 116 Å². The van der Waals surface area contributed by atoms with Gasteiger partial charge in [-0.3, -0.25) is 0 Å². The minimum Gasteiger partial charge on any atom is -0.355 e. The molecular formula is C12H19BrClN3. The minimum absolute atomic E-state index is 0.0497. The molecule has 0 saturated heterocycles. The summed E-state index contributed by atoms with van der Waals surface area (Å²) in [6.45, 7) is 8.71. The van der Waals surface area contributed by atoms with E-state index in [0.29, 0.717) is 11.6 Å². The lowest BCUT2D eigenvalue weighted by Gasteiger charge is -2.32. The molecule has 2 N–H and O–H groups in total. The van der Waals surface area contributed by atoms with Gasteiger partial charge in [0.15, 0.2) is 0 Å². The molecule has 1 rings (SSSR count). The molecule has 0 fully saturated rings. The van der Waals surface area contributed by atoms with Gasteiger partial charge < -0.3 is 10.6 Å². The van der Waals surface area contributed by atoms with Crippen LogP contribution in [0.1, 0.15) is 20.8 Å². The van der Waals surface area contributed by atoms with Crippen LogP contribution in [0.4, 0.5) is 5.82 Å². The van der Waals surface area contributed by atoms with E-state index in [0.717, 1.165) is 23.4 Å². The average molecular weight is 321 g/mol. The third-order valence-electron chi connectivity index (χ3n) is 2.64. The van der Waals surface area contributed by atoms with Gasteiger partial charge in [0.1, 0.15) is 5.82 Å². The van der Waals surface area contributed by atoms with Gasteiger partial charge in [0.25, 0.3) is 0 Å². The predicted octanol–water partition coefficient (Wildman–Crippen LogP) is 3.31. The van der Waals surface area contributed by atoms with E-state index in [1.165, 1.54) is 0 Å². The first kappa shape index (κ1) is 14.7. The Morgan fingerprint density at radius 1 is 1.53 bits per heavy atom. The molecule has 0 radical (unpaired) electrons. The number of hydrogen-bond donors (Lipinski definition) is 1. The topological polar surface area (TPSA) is 42.1 Å². The molecule has 0 unspecified atom stereocenters. The molecule has 1 heterocycles. The molecule has 0 amide bonds. The summed E-state index contributed by atoms with van der Waals surface area (Å²) in [5.74, 6) is 0.818. The highest BCUT2D eigenvalue weighted by atomic mass is 79.9. The summed E-state index contributed by atoms with van der Waals surface area (Å²) in [6.07, 6.45) is 1.76. The first-order chi connectivity index (χ1) is 7.89. The highest BCUT2D eigenvalue weighted by molar-refractivity contribution is 9.10. The van der Waals surface area contributed by atoms with Crippen molar-refractivity contribution in [3.8, 4) is 0 Å². The van der Waals surface area contributed by atoms with Crippen LogP contribution < -0.4 is 10.6 Å². The van der Waals surface area contributed by atoms with Crippen LogP contribution in [-0.4, -0.2) is 24.6 Å². The largest absolute Gasteiger partial charge is 0.355 e. The van der Waals surface area contributed by atoms with Crippen LogP contribution in [0.25, 0.3) is 0 Å². The first-order valence-corrected chi connectivity index (χ1v) is 6.83. The van der Waals surface area contributed by atoms with Crippen LogP contribution in [0.15, 0.2) is 16.7 Å². The van der Waals surface area contributed by atoms with Gasteiger partial charge in [-0.25, -0.2) is 4.98 Å². The Bertz CT molecular complexity index is 382. The van der Waals surface area contributed by atoms with E-state index in [2.05, 4.69) is 46.6 Å².